The van der Waals surface area contributed by atoms with E-state index < -0.39 is 11.9 Å². The zero-order valence-electron chi connectivity index (χ0n) is 10.3. The highest BCUT2D eigenvalue weighted by Gasteiger charge is 2.18. The van der Waals surface area contributed by atoms with Crippen molar-refractivity contribution in [1.29, 1.82) is 0 Å². The molecule has 0 fully saturated rings. The van der Waals surface area contributed by atoms with E-state index in [-0.39, 0.29) is 0 Å². The van der Waals surface area contributed by atoms with Crippen LogP contribution in [0.5, 0.6) is 0 Å². The van der Waals surface area contributed by atoms with E-state index in [9.17, 15) is 9.50 Å². The molecule has 0 aliphatic rings. The van der Waals surface area contributed by atoms with Crippen LogP contribution in [0.1, 0.15) is 17.2 Å². The molecule has 0 radical (unpaired) electrons. The minimum atomic E-state index is -1.06. The average Bonchev–Trinajstić information content (AvgIpc) is 2.48. The fraction of sp³-hybridized carbons (Fsp3) is 0.0667. The number of fused-ring (bicyclic) bond motifs is 1. The summed E-state index contributed by atoms with van der Waals surface area (Å²) in [4.78, 5) is 8.40. The number of aromatic nitrogens is 2. The summed E-state index contributed by atoms with van der Waals surface area (Å²) in [6.07, 6.45) is 2.07. The van der Waals surface area contributed by atoms with Crippen molar-refractivity contribution < 1.29 is 9.50 Å². The molecule has 3 aromatic rings. The van der Waals surface area contributed by atoms with Crippen LogP contribution in [0.25, 0.3) is 11.0 Å². The fourth-order valence-electron chi connectivity index (χ4n) is 2.13. The molecule has 1 aromatic heterocycles. The van der Waals surface area contributed by atoms with Crippen LogP contribution in [0, 0.1) is 5.82 Å². The Balaban J connectivity index is 2.17. The van der Waals surface area contributed by atoms with E-state index in [1.54, 1.807) is 30.6 Å². The van der Waals surface area contributed by atoms with Gasteiger partial charge in [-0.25, -0.2) is 4.39 Å². The highest BCUT2D eigenvalue weighted by atomic mass is 35.5. The first-order chi connectivity index (χ1) is 9.66. The Morgan fingerprint density at radius 2 is 1.85 bits per heavy atom. The molecule has 0 amide bonds. The van der Waals surface area contributed by atoms with Gasteiger partial charge in [0.25, 0.3) is 0 Å². The van der Waals surface area contributed by atoms with Gasteiger partial charge in [-0.3, -0.25) is 9.97 Å². The number of hydrogen-bond acceptors (Lipinski definition) is 3. The Bertz CT molecular complexity index is 773. The Kier molecular flexibility index (Phi) is 3.34. The van der Waals surface area contributed by atoms with Crippen molar-refractivity contribution in [2.45, 2.75) is 6.10 Å². The lowest BCUT2D eigenvalue weighted by molar-refractivity contribution is 0.221. The van der Waals surface area contributed by atoms with Crippen LogP contribution in [0.2, 0.25) is 5.02 Å². The Morgan fingerprint density at radius 1 is 1.05 bits per heavy atom. The molecule has 1 N–H and O–H groups in total. The van der Waals surface area contributed by atoms with Gasteiger partial charge in [0, 0.05) is 28.5 Å². The number of nitrogens with zero attached hydrogens (tertiary/aromatic N) is 2. The summed E-state index contributed by atoms with van der Waals surface area (Å²) in [7, 11) is 0. The normalized spacial score (nSPS) is 12.6. The first kappa shape index (κ1) is 13.0. The van der Waals surface area contributed by atoms with Crippen molar-refractivity contribution in [3.8, 4) is 0 Å². The number of aliphatic hydroxyl groups is 1. The molecule has 1 heterocycles. The maximum Gasteiger partial charge on any atom is 0.123 e. The fourth-order valence-corrected chi connectivity index (χ4v) is 2.35. The van der Waals surface area contributed by atoms with Crippen LogP contribution < -0.4 is 0 Å². The maximum atomic E-state index is 13.3. The van der Waals surface area contributed by atoms with Crippen molar-refractivity contribution in [1.82, 2.24) is 9.97 Å². The van der Waals surface area contributed by atoms with Crippen molar-refractivity contribution in [2.75, 3.05) is 0 Å². The predicted octanol–water partition coefficient (Wildman–Crippen LogP) is 3.50. The van der Waals surface area contributed by atoms with Crippen LogP contribution in [-0.2, 0) is 0 Å². The smallest absolute Gasteiger partial charge is 0.123 e. The largest absolute Gasteiger partial charge is 0.384 e. The number of benzene rings is 2. The van der Waals surface area contributed by atoms with E-state index in [2.05, 4.69) is 9.97 Å². The number of halogens is 2. The lowest BCUT2D eigenvalue weighted by atomic mass is 10.00. The summed E-state index contributed by atoms with van der Waals surface area (Å²) in [5, 5.41) is 10.8. The summed E-state index contributed by atoms with van der Waals surface area (Å²) < 4.78 is 13.3. The van der Waals surface area contributed by atoms with Crippen LogP contribution in [0.15, 0.2) is 48.8 Å². The van der Waals surface area contributed by atoms with Gasteiger partial charge in [-0.15, -0.1) is 0 Å². The van der Waals surface area contributed by atoms with Gasteiger partial charge in [0.1, 0.15) is 11.9 Å². The second-order valence-corrected chi connectivity index (χ2v) is 4.75. The first-order valence-electron chi connectivity index (χ1n) is 5.99. The van der Waals surface area contributed by atoms with Gasteiger partial charge in [-0.05, 0) is 24.3 Å². The molecule has 1 unspecified atom stereocenters. The summed E-state index contributed by atoms with van der Waals surface area (Å²) in [5.74, 6) is -0.449. The molecular formula is C15H10ClFN2O. The van der Waals surface area contributed by atoms with Gasteiger partial charge in [-0.2, -0.15) is 0 Å². The van der Waals surface area contributed by atoms with Crippen molar-refractivity contribution >= 4 is 22.6 Å². The minimum absolute atomic E-state index is 0.305. The van der Waals surface area contributed by atoms with Crippen LogP contribution in [0.4, 0.5) is 4.39 Å². The standard InChI is InChI=1S/C15H10ClFN2O/c16-12-5-4-9(17)8-11(12)15(20)10-2-1-3-13-14(10)19-7-6-18-13/h1-8,15,20H. The summed E-state index contributed by atoms with van der Waals surface area (Å²) in [6, 6.07) is 9.19. The van der Waals surface area contributed by atoms with E-state index in [0.717, 1.165) is 0 Å². The van der Waals surface area contributed by atoms with E-state index in [1.807, 2.05) is 0 Å². The SMILES string of the molecule is OC(c1cc(F)ccc1Cl)c1cccc2nccnc12. The van der Waals surface area contributed by atoms with Crippen molar-refractivity contribution in [3.05, 3.63) is 70.8 Å². The number of rotatable bonds is 2. The Labute approximate surface area is 119 Å². The quantitative estimate of drug-likeness (QED) is 0.785. The number of hydrogen-bond donors (Lipinski definition) is 1. The van der Waals surface area contributed by atoms with Gasteiger partial charge >= 0.3 is 0 Å². The molecule has 20 heavy (non-hydrogen) atoms. The molecule has 3 nitrogen and oxygen atoms in total. The molecular weight excluding hydrogens is 279 g/mol. The zero-order chi connectivity index (χ0) is 14.1. The summed E-state index contributed by atoms with van der Waals surface area (Å²) >= 11 is 6.03. The summed E-state index contributed by atoms with van der Waals surface area (Å²) in [5.41, 5.74) is 2.09. The van der Waals surface area contributed by atoms with Gasteiger partial charge in [-0.1, -0.05) is 23.7 Å². The number of aliphatic hydroxyl groups excluding tert-OH is 1. The predicted molar refractivity (Wildman–Crippen MR) is 75.0 cm³/mol. The van der Waals surface area contributed by atoms with Crippen molar-refractivity contribution in [3.63, 3.8) is 0 Å². The first-order valence-corrected chi connectivity index (χ1v) is 6.37. The third-order valence-corrected chi connectivity index (χ3v) is 3.42. The number of para-hydroxylation sites is 1. The van der Waals surface area contributed by atoms with E-state index >= 15 is 0 Å². The molecule has 5 heteroatoms. The molecule has 3 rings (SSSR count). The Morgan fingerprint density at radius 3 is 2.70 bits per heavy atom. The monoisotopic (exact) mass is 288 g/mol. The van der Waals surface area contributed by atoms with Crippen LogP contribution in [-0.4, -0.2) is 15.1 Å². The van der Waals surface area contributed by atoms with Gasteiger partial charge in [0.15, 0.2) is 0 Å². The molecule has 0 aliphatic heterocycles. The van der Waals surface area contributed by atoms with E-state index in [4.69, 9.17) is 11.6 Å². The molecule has 0 aliphatic carbocycles. The molecule has 0 saturated carbocycles. The topological polar surface area (TPSA) is 46.0 Å². The molecule has 1 atom stereocenters. The lowest BCUT2D eigenvalue weighted by Gasteiger charge is -2.14. The Hall–Kier alpha value is -2.04. The van der Waals surface area contributed by atoms with Crippen LogP contribution in [0.3, 0.4) is 0 Å². The van der Waals surface area contributed by atoms with Gasteiger partial charge in [0.05, 0.1) is 11.0 Å². The third-order valence-electron chi connectivity index (χ3n) is 3.08. The van der Waals surface area contributed by atoms with Gasteiger partial charge in [0.2, 0.25) is 0 Å². The van der Waals surface area contributed by atoms with E-state index in [1.165, 1.54) is 18.2 Å². The average molecular weight is 289 g/mol. The molecule has 0 bridgehead atoms. The lowest BCUT2D eigenvalue weighted by Crippen LogP contribution is -2.03. The zero-order valence-corrected chi connectivity index (χ0v) is 11.0. The molecule has 0 saturated heterocycles. The highest BCUT2D eigenvalue weighted by molar-refractivity contribution is 6.31. The molecule has 2 aromatic carbocycles. The molecule has 100 valence electrons. The summed E-state index contributed by atoms with van der Waals surface area (Å²) in [6.45, 7) is 0. The van der Waals surface area contributed by atoms with Crippen molar-refractivity contribution in [2.24, 2.45) is 0 Å². The highest BCUT2D eigenvalue weighted by Crippen LogP contribution is 2.31. The van der Waals surface area contributed by atoms with Crippen LogP contribution >= 0.6 is 11.6 Å². The van der Waals surface area contributed by atoms with E-state index in [0.29, 0.717) is 27.2 Å². The molecule has 0 spiro atoms. The second kappa shape index (κ2) is 5.15. The second-order valence-electron chi connectivity index (χ2n) is 4.34. The third kappa shape index (κ3) is 2.24. The van der Waals surface area contributed by atoms with Gasteiger partial charge < -0.3 is 5.11 Å². The maximum absolute atomic E-state index is 13.3. The minimum Gasteiger partial charge on any atom is -0.384 e.